The fourth-order valence-electron chi connectivity index (χ4n) is 1.20. The Morgan fingerprint density at radius 3 is 2.82 bits per heavy atom. The molecular weight excluding hydrogens is 140 g/mol. The van der Waals surface area contributed by atoms with Crippen molar-refractivity contribution in [2.75, 3.05) is 20.3 Å². The molecule has 0 aromatic carbocycles. The van der Waals surface area contributed by atoms with Crippen LogP contribution in [0.3, 0.4) is 0 Å². The van der Waals surface area contributed by atoms with E-state index in [1.807, 2.05) is 6.20 Å². The number of hydrogen-bond donors (Lipinski definition) is 0. The average Bonchev–Trinajstić information content (AvgIpc) is 2.26. The van der Waals surface area contributed by atoms with Crippen LogP contribution in [0.4, 0.5) is 0 Å². The van der Waals surface area contributed by atoms with E-state index in [0.717, 1.165) is 6.54 Å². The Balaban J connectivity index is 2.27. The van der Waals surface area contributed by atoms with Gasteiger partial charge in [0.1, 0.15) is 6.20 Å². The van der Waals surface area contributed by atoms with Crippen molar-refractivity contribution < 1.29 is 4.65 Å². The van der Waals surface area contributed by atoms with Gasteiger partial charge >= 0.3 is 0 Å². The lowest BCUT2D eigenvalue weighted by Crippen LogP contribution is -2.35. The number of quaternary nitrogens is 1. The summed E-state index contributed by atoms with van der Waals surface area (Å²) in [6, 6.07) is 0. The van der Waals surface area contributed by atoms with Gasteiger partial charge in [0.25, 0.3) is 0 Å². The zero-order valence-electron chi connectivity index (χ0n) is 7.29. The summed E-state index contributed by atoms with van der Waals surface area (Å²) in [4.78, 5) is 2.08. The average molecular weight is 156 g/mol. The first-order valence-electron chi connectivity index (χ1n) is 4.14. The van der Waals surface area contributed by atoms with E-state index < -0.39 is 0 Å². The number of rotatable bonds is 3. The van der Waals surface area contributed by atoms with E-state index in [9.17, 15) is 5.21 Å². The first kappa shape index (κ1) is 8.56. The highest BCUT2D eigenvalue weighted by atomic mass is 16.5. The molecule has 0 amide bonds. The highest BCUT2D eigenvalue weighted by molar-refractivity contribution is 4.81. The lowest BCUT2D eigenvalue weighted by atomic mass is 10.3. The molecule has 1 atom stereocenters. The van der Waals surface area contributed by atoms with Crippen LogP contribution in [0, 0.1) is 5.21 Å². The second-order valence-corrected chi connectivity index (χ2v) is 3.28. The predicted octanol–water partition coefficient (Wildman–Crippen LogP) is 1.48. The molecule has 11 heavy (non-hydrogen) atoms. The van der Waals surface area contributed by atoms with Gasteiger partial charge in [-0.25, -0.2) is 0 Å². The minimum absolute atomic E-state index is 0.246. The molecule has 1 rings (SSSR count). The van der Waals surface area contributed by atoms with Gasteiger partial charge in [-0.1, -0.05) is 13.3 Å². The zero-order valence-corrected chi connectivity index (χ0v) is 7.29. The van der Waals surface area contributed by atoms with Gasteiger partial charge in [-0.2, -0.15) is 0 Å². The maximum absolute atomic E-state index is 11.3. The molecule has 0 aromatic heterocycles. The van der Waals surface area contributed by atoms with Crippen molar-refractivity contribution in [3.8, 4) is 0 Å². The molecule has 0 aromatic rings. The van der Waals surface area contributed by atoms with E-state index in [0.29, 0.717) is 6.67 Å². The van der Waals surface area contributed by atoms with E-state index in [-0.39, 0.29) is 4.65 Å². The van der Waals surface area contributed by atoms with Gasteiger partial charge in [0.2, 0.25) is 0 Å². The van der Waals surface area contributed by atoms with Crippen molar-refractivity contribution in [2.45, 2.75) is 19.8 Å². The molecule has 0 saturated carbocycles. The van der Waals surface area contributed by atoms with Crippen molar-refractivity contribution in [1.29, 1.82) is 0 Å². The van der Waals surface area contributed by atoms with Gasteiger partial charge in [-0.15, -0.1) is 0 Å². The zero-order chi connectivity index (χ0) is 8.32. The van der Waals surface area contributed by atoms with Gasteiger partial charge < -0.3 is 14.8 Å². The number of hydroxylamine groups is 3. The molecule has 0 saturated heterocycles. The van der Waals surface area contributed by atoms with Gasteiger partial charge in [-0.05, 0) is 6.42 Å². The lowest BCUT2D eigenvalue weighted by Gasteiger charge is -2.31. The molecule has 3 nitrogen and oxygen atoms in total. The third kappa shape index (κ3) is 2.52. The number of unbranched alkanes of at least 4 members (excludes halogenated alkanes) is 1. The highest BCUT2D eigenvalue weighted by Crippen LogP contribution is 2.12. The molecule has 3 heteroatoms. The summed E-state index contributed by atoms with van der Waals surface area (Å²) in [5, 5.41) is 11.3. The van der Waals surface area contributed by atoms with Gasteiger partial charge in [0.05, 0.1) is 13.2 Å². The molecule has 0 bridgehead atoms. The normalized spacial score (nSPS) is 29.9. The van der Waals surface area contributed by atoms with Crippen LogP contribution in [-0.4, -0.2) is 29.8 Å². The molecule has 1 aliphatic rings. The van der Waals surface area contributed by atoms with Crippen molar-refractivity contribution in [3.05, 3.63) is 17.6 Å². The fraction of sp³-hybridized carbons (Fsp3) is 0.750. The van der Waals surface area contributed by atoms with Crippen molar-refractivity contribution in [1.82, 2.24) is 4.90 Å². The summed E-state index contributed by atoms with van der Waals surface area (Å²) in [5.74, 6) is 0. The van der Waals surface area contributed by atoms with Crippen molar-refractivity contribution in [2.24, 2.45) is 0 Å². The molecule has 1 unspecified atom stereocenters. The van der Waals surface area contributed by atoms with E-state index in [1.54, 1.807) is 13.2 Å². The standard InChI is InChI=1S/C8H16N2O/c1-3-4-5-9-6-7-10(2,11)8-9/h6-7H,3-5,8H2,1-2H3. The number of nitrogens with zero attached hydrogens (tertiary/aromatic N) is 2. The summed E-state index contributed by atoms with van der Waals surface area (Å²) in [5.41, 5.74) is 0. The van der Waals surface area contributed by atoms with E-state index in [4.69, 9.17) is 0 Å². The summed E-state index contributed by atoms with van der Waals surface area (Å²) < 4.78 is -0.246. The molecule has 0 fully saturated rings. The van der Waals surface area contributed by atoms with Crippen LogP contribution in [0.2, 0.25) is 0 Å². The van der Waals surface area contributed by atoms with E-state index in [2.05, 4.69) is 11.8 Å². The number of hydrogen-bond acceptors (Lipinski definition) is 2. The first-order valence-corrected chi connectivity index (χ1v) is 4.14. The van der Waals surface area contributed by atoms with Crippen LogP contribution < -0.4 is 0 Å². The van der Waals surface area contributed by atoms with Crippen LogP contribution in [0.5, 0.6) is 0 Å². The molecule has 0 aliphatic carbocycles. The fourth-order valence-corrected chi connectivity index (χ4v) is 1.20. The molecule has 0 N–H and O–H groups in total. The largest absolute Gasteiger partial charge is 0.627 e. The van der Waals surface area contributed by atoms with Crippen molar-refractivity contribution >= 4 is 0 Å². The smallest absolute Gasteiger partial charge is 0.158 e. The minimum Gasteiger partial charge on any atom is -0.627 e. The van der Waals surface area contributed by atoms with Crippen molar-refractivity contribution in [3.63, 3.8) is 0 Å². The molecular formula is C8H16N2O. The first-order chi connectivity index (χ1) is 5.14. The molecule has 64 valence electrons. The Bertz CT molecular complexity index is 154. The SMILES string of the molecule is CCCCN1C=C[N+](C)([O-])C1. The Kier molecular flexibility index (Phi) is 2.52. The monoisotopic (exact) mass is 156 g/mol. The summed E-state index contributed by atoms with van der Waals surface area (Å²) in [7, 11) is 1.67. The summed E-state index contributed by atoms with van der Waals surface area (Å²) in [6.45, 7) is 3.76. The maximum atomic E-state index is 11.3. The molecule has 0 spiro atoms. The summed E-state index contributed by atoms with van der Waals surface area (Å²) >= 11 is 0. The minimum atomic E-state index is -0.246. The highest BCUT2D eigenvalue weighted by Gasteiger charge is 2.17. The second kappa shape index (κ2) is 3.24. The predicted molar refractivity (Wildman–Crippen MR) is 45.2 cm³/mol. The quantitative estimate of drug-likeness (QED) is 0.457. The van der Waals surface area contributed by atoms with Crippen LogP contribution in [-0.2, 0) is 0 Å². The Morgan fingerprint density at radius 1 is 1.64 bits per heavy atom. The Labute approximate surface area is 68.1 Å². The van der Waals surface area contributed by atoms with Crippen LogP contribution in [0.15, 0.2) is 12.4 Å². The van der Waals surface area contributed by atoms with Gasteiger partial charge in [-0.3, -0.25) is 0 Å². The Morgan fingerprint density at radius 2 is 2.36 bits per heavy atom. The second-order valence-electron chi connectivity index (χ2n) is 3.28. The third-order valence-electron chi connectivity index (χ3n) is 1.85. The van der Waals surface area contributed by atoms with Crippen LogP contribution in [0.1, 0.15) is 19.8 Å². The van der Waals surface area contributed by atoms with E-state index in [1.165, 1.54) is 12.8 Å². The lowest BCUT2D eigenvalue weighted by molar-refractivity contribution is -0.809. The third-order valence-corrected chi connectivity index (χ3v) is 1.85. The molecule has 1 aliphatic heterocycles. The topological polar surface area (TPSA) is 26.3 Å². The van der Waals surface area contributed by atoms with E-state index >= 15 is 0 Å². The Hall–Kier alpha value is -0.540. The molecule has 1 heterocycles. The van der Waals surface area contributed by atoms with Crippen LogP contribution >= 0.6 is 0 Å². The molecule has 0 radical (unpaired) electrons. The van der Waals surface area contributed by atoms with Gasteiger partial charge in [0, 0.05) is 6.54 Å². The van der Waals surface area contributed by atoms with Crippen LogP contribution in [0.25, 0.3) is 0 Å². The van der Waals surface area contributed by atoms with Gasteiger partial charge in [0.15, 0.2) is 6.67 Å². The maximum Gasteiger partial charge on any atom is 0.158 e. The summed E-state index contributed by atoms with van der Waals surface area (Å²) in [6.07, 6.45) is 5.95.